The van der Waals surface area contributed by atoms with Gasteiger partial charge >= 0.3 is 5.97 Å². The largest absolute Gasteiger partial charge is 0.477 e. The number of nitrogens with one attached hydrogen (secondary N) is 2. The maximum Gasteiger partial charge on any atom is 0.341 e. The standard InChI is InChI=1S/C46H58F2N14O6/c1-24-17-59(37-15-35-28(13-31(37)47)40(64)30(42(66)67)19-61(35)26-7-8-26)20-33(24)55-45(51)57-43(49)53-11-5-3-4-6-12-54-44(50)58-46(52)56-34-21-60(18-25(34)2)38-16-36-29(14-32(38)48)41(65)39(68-23-63)22-62(36)27-9-10-27/h13-16,19,22-27,33-34H,3-12,17-18,20-21H2,1-2H3,(H,66,67)(H5,49,51,53,55,57)(H5,50,52,54,56,58). The topological polar surface area (TPSA) is 292 Å². The molecule has 2 aromatic heterocycles. The second-order valence-corrected chi connectivity index (χ2v) is 18.3. The smallest absolute Gasteiger partial charge is 0.341 e. The molecule has 4 aromatic rings. The van der Waals surface area contributed by atoms with Gasteiger partial charge in [-0.3, -0.25) is 35.0 Å². The zero-order valence-corrected chi connectivity index (χ0v) is 38.0. The summed E-state index contributed by atoms with van der Waals surface area (Å²) < 4.78 is 39.7. The summed E-state index contributed by atoms with van der Waals surface area (Å²) in [7, 11) is 0. The molecule has 8 rings (SSSR count). The van der Waals surface area contributed by atoms with Gasteiger partial charge in [-0.2, -0.15) is 0 Å². The summed E-state index contributed by atoms with van der Waals surface area (Å²) in [6, 6.07) is 5.32. The Hall–Kier alpha value is -7.26. The van der Waals surface area contributed by atoms with Crippen molar-refractivity contribution in [2.45, 2.75) is 89.4 Å². The molecule has 0 amide bonds. The molecule has 0 bridgehead atoms. The van der Waals surface area contributed by atoms with Crippen LogP contribution >= 0.6 is 0 Å². The number of ether oxygens (including phenoxy) is 1. The Balaban J connectivity index is 0.760. The number of nitrogens with two attached hydrogens (primary N) is 4. The summed E-state index contributed by atoms with van der Waals surface area (Å²) in [5.41, 5.74) is 24.7. The zero-order valence-electron chi connectivity index (χ0n) is 38.0. The summed E-state index contributed by atoms with van der Waals surface area (Å²) in [6.07, 6.45) is 9.68. The Morgan fingerprint density at radius 1 is 0.706 bits per heavy atom. The third kappa shape index (κ3) is 10.5. The Kier molecular flexibility index (Phi) is 13.8. The number of hydrogen-bond donors (Lipinski definition) is 7. The maximum atomic E-state index is 15.6. The van der Waals surface area contributed by atoms with Crippen molar-refractivity contribution >= 4 is 69.5 Å². The number of carboxylic acids is 1. The number of halogens is 2. The number of pyridine rings is 2. The van der Waals surface area contributed by atoms with Gasteiger partial charge in [0.05, 0.1) is 46.1 Å². The lowest BCUT2D eigenvalue weighted by Crippen LogP contribution is -2.43. The highest BCUT2D eigenvalue weighted by molar-refractivity contribution is 5.98. The minimum atomic E-state index is -1.34. The number of nitrogens with zero attached hydrogens (tertiary/aromatic N) is 8. The van der Waals surface area contributed by atoms with Gasteiger partial charge in [-0.15, -0.1) is 0 Å². The minimum Gasteiger partial charge on any atom is -0.477 e. The Labute approximate surface area is 389 Å². The second-order valence-electron chi connectivity index (χ2n) is 18.3. The van der Waals surface area contributed by atoms with Crippen LogP contribution in [0, 0.1) is 23.5 Å². The van der Waals surface area contributed by atoms with E-state index in [1.807, 2.05) is 28.2 Å². The highest BCUT2D eigenvalue weighted by Crippen LogP contribution is 2.41. The summed E-state index contributed by atoms with van der Waals surface area (Å²) in [5.74, 6) is -2.17. The maximum absolute atomic E-state index is 15.6. The Morgan fingerprint density at radius 2 is 1.16 bits per heavy atom. The van der Waals surface area contributed by atoms with Crippen molar-refractivity contribution in [3.63, 3.8) is 0 Å². The molecular formula is C46H58F2N14O6. The lowest BCUT2D eigenvalue weighted by molar-refractivity contribution is -0.120. The number of rotatable bonds is 16. The van der Waals surface area contributed by atoms with E-state index in [0.717, 1.165) is 57.4 Å². The van der Waals surface area contributed by atoms with Crippen molar-refractivity contribution in [1.29, 1.82) is 0 Å². The molecule has 20 nitrogen and oxygen atoms in total. The monoisotopic (exact) mass is 940 g/mol. The third-order valence-corrected chi connectivity index (χ3v) is 13.0. The molecule has 68 heavy (non-hydrogen) atoms. The van der Waals surface area contributed by atoms with E-state index in [1.54, 1.807) is 16.7 Å². The molecule has 4 unspecified atom stereocenters. The van der Waals surface area contributed by atoms with Gasteiger partial charge in [-0.1, -0.05) is 26.7 Å². The Morgan fingerprint density at radius 3 is 1.60 bits per heavy atom. The number of hydrogen-bond acceptors (Lipinski definition) is 11. The number of carbonyl (C=O) groups excluding carboxylic acids is 1. The van der Waals surface area contributed by atoms with Crippen LogP contribution in [0.5, 0.6) is 5.75 Å². The predicted octanol–water partition coefficient (Wildman–Crippen LogP) is 2.85. The fourth-order valence-corrected chi connectivity index (χ4v) is 9.14. The van der Waals surface area contributed by atoms with Gasteiger partial charge < -0.3 is 51.7 Å². The molecule has 4 atom stereocenters. The molecule has 2 aliphatic carbocycles. The zero-order chi connectivity index (χ0) is 48.4. The third-order valence-electron chi connectivity index (χ3n) is 13.0. The highest BCUT2D eigenvalue weighted by atomic mass is 19.1. The van der Waals surface area contributed by atoms with Crippen LogP contribution in [-0.2, 0) is 4.79 Å². The summed E-state index contributed by atoms with van der Waals surface area (Å²) in [4.78, 5) is 70.3. The number of carboxylic acid groups (broad SMARTS) is 1. The highest BCUT2D eigenvalue weighted by Gasteiger charge is 2.35. The molecule has 0 spiro atoms. The number of carbonyl (C=O) groups is 2. The van der Waals surface area contributed by atoms with E-state index < -0.39 is 28.5 Å². The number of fused-ring (bicyclic) bond motifs is 2. The number of benzene rings is 2. The normalized spacial score (nSPS) is 21.5. The average molecular weight is 941 g/mol. The lowest BCUT2D eigenvalue weighted by Gasteiger charge is -2.21. The fourth-order valence-electron chi connectivity index (χ4n) is 9.14. The van der Waals surface area contributed by atoms with Crippen LogP contribution in [0.3, 0.4) is 0 Å². The first-order chi connectivity index (χ1) is 32.6. The van der Waals surface area contributed by atoms with Crippen molar-refractivity contribution in [3.8, 4) is 5.75 Å². The van der Waals surface area contributed by atoms with Crippen LogP contribution in [0.25, 0.3) is 21.8 Å². The summed E-state index contributed by atoms with van der Waals surface area (Å²) in [6.45, 7) is 6.87. The van der Waals surface area contributed by atoms with E-state index in [9.17, 15) is 24.3 Å². The van der Waals surface area contributed by atoms with Gasteiger partial charge in [0.2, 0.25) is 10.9 Å². The number of aliphatic imine (C=N–C) groups is 4. The van der Waals surface area contributed by atoms with Gasteiger partial charge in [0.15, 0.2) is 29.6 Å². The molecule has 22 heteroatoms. The first-order valence-electron chi connectivity index (χ1n) is 23.0. The van der Waals surface area contributed by atoms with E-state index in [1.165, 1.54) is 18.5 Å². The SMILES string of the molecule is CC1CN(c2cc3c(cc2F)c(=O)c(OC=O)cn3C2CC2)CC1N=C(N)NC(N)=NCCCCCCN=C(N)NC(N)=NC1CN(c2cc3c(cc2F)c(=O)c(C(=O)O)cn3C2CC2)CC1C. The summed E-state index contributed by atoms with van der Waals surface area (Å²) >= 11 is 0. The van der Waals surface area contributed by atoms with E-state index >= 15 is 8.78 Å². The van der Waals surface area contributed by atoms with Crippen molar-refractivity contribution < 1.29 is 28.2 Å². The quantitative estimate of drug-likeness (QED) is 0.0368. The molecule has 4 heterocycles. The van der Waals surface area contributed by atoms with Gasteiger partial charge in [0, 0.05) is 62.9 Å². The lowest BCUT2D eigenvalue weighted by atomic mass is 10.1. The van der Waals surface area contributed by atoms with Crippen LogP contribution in [-0.4, -0.2) is 102 Å². The molecule has 4 fully saturated rings. The molecule has 362 valence electrons. The minimum absolute atomic E-state index is 0.00795. The van der Waals surface area contributed by atoms with Crippen LogP contribution in [0.1, 0.15) is 87.7 Å². The van der Waals surface area contributed by atoms with Gasteiger partial charge in [0.25, 0.3) is 6.47 Å². The predicted molar refractivity (Wildman–Crippen MR) is 258 cm³/mol. The molecular weight excluding hydrogens is 883 g/mol. The van der Waals surface area contributed by atoms with Crippen molar-refractivity contribution in [2.75, 3.05) is 49.1 Å². The van der Waals surface area contributed by atoms with Crippen LogP contribution in [0.2, 0.25) is 0 Å². The molecule has 0 radical (unpaired) electrons. The van der Waals surface area contributed by atoms with Crippen molar-refractivity contribution in [2.24, 2.45) is 54.7 Å². The van der Waals surface area contributed by atoms with Crippen LogP contribution in [0.15, 0.2) is 66.2 Å². The van der Waals surface area contributed by atoms with E-state index in [4.69, 9.17) is 27.7 Å². The molecule has 2 saturated heterocycles. The van der Waals surface area contributed by atoms with E-state index in [-0.39, 0.29) is 88.4 Å². The first-order valence-corrected chi connectivity index (χ1v) is 23.0. The molecule has 2 aromatic carbocycles. The average Bonchev–Trinajstić information content (AvgIpc) is 4.23. The first kappa shape index (κ1) is 47.2. The van der Waals surface area contributed by atoms with Crippen molar-refractivity contribution in [3.05, 3.63) is 74.3 Å². The van der Waals surface area contributed by atoms with Crippen molar-refractivity contribution in [1.82, 2.24) is 19.8 Å². The number of aromatic nitrogens is 2. The van der Waals surface area contributed by atoms with Gasteiger partial charge in [-0.25, -0.2) is 23.6 Å². The second kappa shape index (κ2) is 19.9. The van der Waals surface area contributed by atoms with Crippen LogP contribution < -0.4 is 59.0 Å². The Bertz CT molecular complexity index is 2860. The summed E-state index contributed by atoms with van der Waals surface area (Å²) in [5, 5.41) is 15.4. The van der Waals surface area contributed by atoms with E-state index in [2.05, 4.69) is 30.6 Å². The van der Waals surface area contributed by atoms with E-state index in [0.29, 0.717) is 61.7 Å². The van der Waals surface area contributed by atoms with Crippen LogP contribution in [0.4, 0.5) is 20.2 Å². The van der Waals surface area contributed by atoms with Gasteiger partial charge in [-0.05, 0) is 74.6 Å². The molecule has 4 aliphatic rings. The number of guanidine groups is 4. The molecule has 2 saturated carbocycles. The van der Waals surface area contributed by atoms with Gasteiger partial charge in [0.1, 0.15) is 17.2 Å². The number of anilines is 2. The molecule has 2 aliphatic heterocycles. The fraction of sp³-hybridized carbons (Fsp3) is 0.478. The number of aromatic carboxylic acids is 1. The molecule has 11 N–H and O–H groups in total. The number of unbranched alkanes of at least 4 members (excludes halogenated alkanes) is 3.